The molecular formula is C15H21NO3. The molecule has 1 aromatic carbocycles. The van der Waals surface area contributed by atoms with Crippen molar-refractivity contribution in [1.82, 2.24) is 0 Å². The van der Waals surface area contributed by atoms with Crippen molar-refractivity contribution < 1.29 is 14.7 Å². The van der Waals surface area contributed by atoms with E-state index in [9.17, 15) is 9.59 Å². The largest absolute Gasteiger partial charge is 0.481 e. The fraction of sp³-hybridized carbons (Fsp3) is 0.467. The van der Waals surface area contributed by atoms with Crippen LogP contribution in [-0.2, 0) is 9.59 Å². The molecule has 19 heavy (non-hydrogen) atoms. The lowest BCUT2D eigenvalue weighted by Gasteiger charge is -2.27. The Morgan fingerprint density at radius 1 is 1.21 bits per heavy atom. The molecule has 0 bridgehead atoms. The molecule has 104 valence electrons. The number of nitrogens with zero attached hydrogens (tertiary/aromatic N) is 1. The molecule has 0 aliphatic heterocycles. The number of carbonyl (C=O) groups excluding carboxylic acids is 1. The Bertz CT molecular complexity index is 470. The smallest absolute Gasteiger partial charge is 0.307 e. The lowest BCUT2D eigenvalue weighted by Crippen LogP contribution is -2.39. The molecule has 1 aromatic rings. The Morgan fingerprint density at radius 2 is 1.79 bits per heavy atom. The predicted molar refractivity (Wildman–Crippen MR) is 75.2 cm³/mol. The van der Waals surface area contributed by atoms with Crippen LogP contribution in [0.3, 0.4) is 0 Å². The van der Waals surface area contributed by atoms with Gasteiger partial charge in [0.05, 0.1) is 5.92 Å². The third kappa shape index (κ3) is 3.34. The molecule has 1 rings (SSSR count). The van der Waals surface area contributed by atoms with E-state index >= 15 is 0 Å². The highest BCUT2D eigenvalue weighted by Gasteiger charge is 2.29. The first-order valence-electron chi connectivity index (χ1n) is 6.50. The predicted octanol–water partition coefficient (Wildman–Crippen LogP) is 2.70. The number of amides is 1. The number of aryl methyl sites for hydroxylation is 1. The molecule has 2 unspecified atom stereocenters. The van der Waals surface area contributed by atoms with E-state index in [0.29, 0.717) is 6.54 Å². The van der Waals surface area contributed by atoms with Gasteiger partial charge >= 0.3 is 5.97 Å². The molecule has 0 aliphatic carbocycles. The summed E-state index contributed by atoms with van der Waals surface area (Å²) >= 11 is 0. The summed E-state index contributed by atoms with van der Waals surface area (Å²) in [6.07, 6.45) is 0. The Hall–Kier alpha value is -1.84. The number of rotatable bonds is 5. The van der Waals surface area contributed by atoms with E-state index in [4.69, 9.17) is 5.11 Å². The maximum absolute atomic E-state index is 12.4. The number of carbonyl (C=O) groups is 2. The maximum atomic E-state index is 12.4. The second kappa shape index (κ2) is 6.36. The number of anilines is 1. The number of para-hydroxylation sites is 1. The Kier molecular flexibility index (Phi) is 5.10. The fourth-order valence-corrected chi connectivity index (χ4v) is 1.98. The van der Waals surface area contributed by atoms with E-state index in [1.807, 2.05) is 38.1 Å². The van der Waals surface area contributed by atoms with Gasteiger partial charge in [-0.15, -0.1) is 0 Å². The van der Waals surface area contributed by atoms with Gasteiger partial charge in [-0.25, -0.2) is 0 Å². The molecule has 0 aliphatic rings. The van der Waals surface area contributed by atoms with Gasteiger partial charge in [0.25, 0.3) is 0 Å². The van der Waals surface area contributed by atoms with Crippen LogP contribution in [0, 0.1) is 18.8 Å². The second-order valence-electron chi connectivity index (χ2n) is 4.78. The van der Waals surface area contributed by atoms with Gasteiger partial charge < -0.3 is 10.0 Å². The molecule has 4 nitrogen and oxygen atoms in total. The molecule has 0 saturated carbocycles. The van der Waals surface area contributed by atoms with Crippen LogP contribution < -0.4 is 4.90 Å². The molecule has 2 atom stereocenters. The highest BCUT2D eigenvalue weighted by molar-refractivity contribution is 5.97. The van der Waals surface area contributed by atoms with Crippen LogP contribution in [0.5, 0.6) is 0 Å². The standard InChI is InChI=1S/C15H21NO3/c1-5-16(13-9-7-6-8-10(13)2)14(17)11(3)12(4)15(18)19/h6-9,11-12H,5H2,1-4H3,(H,18,19). The first kappa shape index (κ1) is 15.2. The summed E-state index contributed by atoms with van der Waals surface area (Å²) in [5.74, 6) is -2.32. The summed E-state index contributed by atoms with van der Waals surface area (Å²) in [5.41, 5.74) is 1.85. The highest BCUT2D eigenvalue weighted by atomic mass is 16.4. The number of carboxylic acids is 1. The minimum Gasteiger partial charge on any atom is -0.481 e. The van der Waals surface area contributed by atoms with Crippen molar-refractivity contribution in [2.24, 2.45) is 11.8 Å². The topological polar surface area (TPSA) is 57.6 Å². The van der Waals surface area contributed by atoms with Crippen LogP contribution >= 0.6 is 0 Å². The van der Waals surface area contributed by atoms with Gasteiger partial charge in [-0.3, -0.25) is 9.59 Å². The van der Waals surface area contributed by atoms with Crippen LogP contribution in [0.15, 0.2) is 24.3 Å². The summed E-state index contributed by atoms with van der Waals surface area (Å²) in [4.78, 5) is 25.1. The lowest BCUT2D eigenvalue weighted by molar-refractivity contribution is -0.145. The van der Waals surface area contributed by atoms with E-state index in [1.54, 1.807) is 18.7 Å². The zero-order valence-corrected chi connectivity index (χ0v) is 11.9. The van der Waals surface area contributed by atoms with E-state index < -0.39 is 17.8 Å². The minimum atomic E-state index is -0.943. The minimum absolute atomic E-state index is 0.147. The maximum Gasteiger partial charge on any atom is 0.307 e. The van der Waals surface area contributed by atoms with Gasteiger partial charge in [0.2, 0.25) is 5.91 Å². The van der Waals surface area contributed by atoms with Crippen molar-refractivity contribution >= 4 is 17.6 Å². The lowest BCUT2D eigenvalue weighted by atomic mass is 9.94. The van der Waals surface area contributed by atoms with Crippen molar-refractivity contribution in [1.29, 1.82) is 0 Å². The van der Waals surface area contributed by atoms with Crippen LogP contribution in [0.4, 0.5) is 5.69 Å². The van der Waals surface area contributed by atoms with E-state index in [0.717, 1.165) is 11.3 Å². The fourth-order valence-electron chi connectivity index (χ4n) is 1.98. The number of hydrogen-bond donors (Lipinski definition) is 1. The first-order chi connectivity index (χ1) is 8.90. The highest BCUT2D eigenvalue weighted by Crippen LogP contribution is 2.23. The van der Waals surface area contributed by atoms with Gasteiger partial charge in [-0.05, 0) is 25.5 Å². The van der Waals surface area contributed by atoms with Crippen molar-refractivity contribution in [3.05, 3.63) is 29.8 Å². The number of hydrogen-bond acceptors (Lipinski definition) is 2. The first-order valence-corrected chi connectivity index (χ1v) is 6.50. The molecule has 0 radical (unpaired) electrons. The Balaban J connectivity index is 3.01. The molecular weight excluding hydrogens is 242 g/mol. The van der Waals surface area contributed by atoms with Crippen LogP contribution in [-0.4, -0.2) is 23.5 Å². The number of carboxylic acid groups (broad SMARTS) is 1. The van der Waals surface area contributed by atoms with Gasteiger partial charge in [0.15, 0.2) is 0 Å². The second-order valence-corrected chi connectivity index (χ2v) is 4.78. The number of benzene rings is 1. The summed E-state index contributed by atoms with van der Waals surface area (Å²) in [6.45, 7) is 7.60. The van der Waals surface area contributed by atoms with Gasteiger partial charge in [-0.2, -0.15) is 0 Å². The van der Waals surface area contributed by atoms with Crippen molar-refractivity contribution in [2.45, 2.75) is 27.7 Å². The molecule has 0 heterocycles. The summed E-state index contributed by atoms with van der Waals surface area (Å²) in [7, 11) is 0. The van der Waals surface area contributed by atoms with E-state index in [-0.39, 0.29) is 5.91 Å². The average molecular weight is 263 g/mol. The molecule has 0 aromatic heterocycles. The third-order valence-electron chi connectivity index (χ3n) is 3.52. The molecule has 0 spiro atoms. The van der Waals surface area contributed by atoms with Gasteiger partial charge in [0.1, 0.15) is 0 Å². The van der Waals surface area contributed by atoms with Crippen LogP contribution in [0.2, 0.25) is 0 Å². The van der Waals surface area contributed by atoms with Crippen molar-refractivity contribution in [3.8, 4) is 0 Å². The summed E-state index contributed by atoms with van der Waals surface area (Å²) in [6, 6.07) is 7.62. The molecule has 1 N–H and O–H groups in total. The zero-order chi connectivity index (χ0) is 14.6. The summed E-state index contributed by atoms with van der Waals surface area (Å²) < 4.78 is 0. The van der Waals surface area contributed by atoms with Crippen molar-refractivity contribution in [2.75, 3.05) is 11.4 Å². The zero-order valence-electron chi connectivity index (χ0n) is 11.9. The quantitative estimate of drug-likeness (QED) is 0.888. The molecule has 4 heteroatoms. The van der Waals surface area contributed by atoms with E-state index in [1.165, 1.54) is 0 Å². The van der Waals surface area contributed by atoms with E-state index in [2.05, 4.69) is 0 Å². The SMILES string of the molecule is CCN(C(=O)C(C)C(C)C(=O)O)c1ccccc1C. The normalized spacial score (nSPS) is 13.7. The molecule has 1 amide bonds. The Labute approximate surface area is 114 Å². The monoisotopic (exact) mass is 263 g/mol. The van der Waals surface area contributed by atoms with Gasteiger partial charge in [0, 0.05) is 18.2 Å². The average Bonchev–Trinajstić information content (AvgIpc) is 2.39. The van der Waals surface area contributed by atoms with Crippen molar-refractivity contribution in [3.63, 3.8) is 0 Å². The Morgan fingerprint density at radius 3 is 2.26 bits per heavy atom. The van der Waals surface area contributed by atoms with Crippen LogP contribution in [0.1, 0.15) is 26.3 Å². The number of aliphatic carboxylic acids is 1. The third-order valence-corrected chi connectivity index (χ3v) is 3.52. The summed E-state index contributed by atoms with van der Waals surface area (Å²) in [5, 5.41) is 9.01. The molecule has 0 fully saturated rings. The van der Waals surface area contributed by atoms with Gasteiger partial charge in [-0.1, -0.05) is 32.0 Å². The molecule has 0 saturated heterocycles. The van der Waals surface area contributed by atoms with Crippen LogP contribution in [0.25, 0.3) is 0 Å².